The second kappa shape index (κ2) is 9.43. The van der Waals surface area contributed by atoms with Crippen LogP contribution in [0.3, 0.4) is 0 Å². The van der Waals surface area contributed by atoms with Crippen molar-refractivity contribution in [1.29, 1.82) is 0 Å². The molecule has 0 aliphatic heterocycles. The summed E-state index contributed by atoms with van der Waals surface area (Å²) < 4.78 is 14.0. The van der Waals surface area contributed by atoms with Crippen molar-refractivity contribution in [2.75, 3.05) is 5.32 Å². The molecule has 0 radical (unpaired) electrons. The fourth-order valence-electron chi connectivity index (χ4n) is 3.25. The zero-order chi connectivity index (χ0) is 23.4. The molecule has 0 aliphatic carbocycles. The van der Waals surface area contributed by atoms with E-state index in [9.17, 15) is 9.59 Å². The lowest BCUT2D eigenvalue weighted by Crippen LogP contribution is -2.25. The zero-order valence-corrected chi connectivity index (χ0v) is 18.5. The molecule has 4 aromatic rings. The van der Waals surface area contributed by atoms with Gasteiger partial charge in [0.15, 0.2) is 18.1 Å². The van der Waals surface area contributed by atoms with Crippen LogP contribution in [0.15, 0.2) is 59.5 Å². The highest BCUT2D eigenvalue weighted by Crippen LogP contribution is 2.19. The Hall–Kier alpha value is -4.34. The highest BCUT2D eigenvalue weighted by molar-refractivity contribution is 6.07. The van der Waals surface area contributed by atoms with Crippen molar-refractivity contribution in [3.05, 3.63) is 83.3 Å². The van der Waals surface area contributed by atoms with Crippen LogP contribution in [0.4, 0.5) is 5.69 Å². The maximum absolute atomic E-state index is 12.7. The topological polar surface area (TPSA) is 116 Å². The fraction of sp³-hybridized carbons (Fsp3) is 0.217. The van der Waals surface area contributed by atoms with E-state index in [1.54, 1.807) is 37.6 Å². The molecule has 2 amide bonds. The lowest BCUT2D eigenvalue weighted by atomic mass is 10.1. The van der Waals surface area contributed by atoms with Crippen LogP contribution >= 0.6 is 0 Å². The van der Waals surface area contributed by atoms with E-state index >= 15 is 0 Å². The second-order valence-corrected chi connectivity index (χ2v) is 7.56. The third kappa shape index (κ3) is 5.29. The molecule has 10 nitrogen and oxygen atoms in total. The minimum Gasteiger partial charge on any atom is -0.471 e. The Kier molecular flexibility index (Phi) is 6.25. The van der Waals surface area contributed by atoms with Crippen molar-refractivity contribution in [3.8, 4) is 5.75 Å². The van der Waals surface area contributed by atoms with Crippen LogP contribution in [0, 0.1) is 13.8 Å². The van der Waals surface area contributed by atoms with Gasteiger partial charge in [0.05, 0.1) is 18.5 Å². The van der Waals surface area contributed by atoms with Crippen molar-refractivity contribution < 1.29 is 18.7 Å². The van der Waals surface area contributed by atoms with Gasteiger partial charge in [0.1, 0.15) is 11.5 Å². The lowest BCUT2D eigenvalue weighted by molar-refractivity contribution is 0.0943. The van der Waals surface area contributed by atoms with Crippen LogP contribution in [0.5, 0.6) is 5.75 Å². The number of aryl methyl sites for hydroxylation is 3. The molecule has 2 N–H and O–H groups in total. The number of nitrogens with zero attached hydrogens (tertiary/aromatic N) is 4. The van der Waals surface area contributed by atoms with E-state index < -0.39 is 11.8 Å². The maximum atomic E-state index is 12.7. The summed E-state index contributed by atoms with van der Waals surface area (Å²) in [6.07, 6.45) is 4.73. The number of hydrogen-bond acceptors (Lipinski definition) is 6. The number of rotatable bonds is 8. The first-order valence-electron chi connectivity index (χ1n) is 10.3. The van der Waals surface area contributed by atoms with Gasteiger partial charge in [-0.2, -0.15) is 10.2 Å². The summed E-state index contributed by atoms with van der Waals surface area (Å²) in [6, 6.07) is 11.0. The molecule has 0 saturated carbocycles. The number of nitrogens with one attached hydrogen (secondary N) is 2. The van der Waals surface area contributed by atoms with Crippen molar-refractivity contribution >= 4 is 17.5 Å². The van der Waals surface area contributed by atoms with E-state index in [0.717, 1.165) is 16.9 Å². The van der Waals surface area contributed by atoms with Crippen molar-refractivity contribution in [2.24, 2.45) is 7.05 Å². The first kappa shape index (κ1) is 21.9. The lowest BCUT2D eigenvalue weighted by Gasteiger charge is -2.09. The van der Waals surface area contributed by atoms with Crippen LogP contribution in [-0.4, -0.2) is 31.4 Å². The first-order valence-corrected chi connectivity index (χ1v) is 10.3. The maximum Gasteiger partial charge on any atom is 0.276 e. The van der Waals surface area contributed by atoms with Gasteiger partial charge in [-0.3, -0.25) is 14.3 Å². The Morgan fingerprint density at radius 3 is 2.73 bits per heavy atom. The zero-order valence-electron chi connectivity index (χ0n) is 18.5. The average molecular weight is 448 g/mol. The van der Waals surface area contributed by atoms with Gasteiger partial charge >= 0.3 is 0 Å². The molecule has 3 heterocycles. The number of aromatic nitrogens is 4. The van der Waals surface area contributed by atoms with Crippen molar-refractivity contribution in [2.45, 2.75) is 27.1 Å². The molecule has 0 spiro atoms. The van der Waals surface area contributed by atoms with Gasteiger partial charge in [-0.05, 0) is 43.7 Å². The van der Waals surface area contributed by atoms with Gasteiger partial charge in [-0.25, -0.2) is 4.68 Å². The van der Waals surface area contributed by atoms with Crippen LogP contribution in [0.25, 0.3) is 0 Å². The molecule has 170 valence electrons. The monoisotopic (exact) mass is 448 g/mol. The SMILES string of the molecule is Cc1ccc(OCn2ccc(C(=O)Nc3cn(C)nc3C(=O)NCc3ccco3)n2)c(C)c1. The number of carbonyl (C=O) groups excluding carboxylic acids is 2. The van der Waals surface area contributed by atoms with Crippen LogP contribution in [0.2, 0.25) is 0 Å². The average Bonchev–Trinajstić information content (AvgIpc) is 3.53. The second-order valence-electron chi connectivity index (χ2n) is 7.56. The molecule has 4 rings (SSSR count). The molecular weight excluding hydrogens is 424 g/mol. The largest absolute Gasteiger partial charge is 0.471 e. The Balaban J connectivity index is 1.38. The van der Waals surface area contributed by atoms with Crippen LogP contribution < -0.4 is 15.4 Å². The van der Waals surface area contributed by atoms with Gasteiger partial charge in [0.25, 0.3) is 11.8 Å². The molecule has 0 atom stereocenters. The Labute approximate surface area is 190 Å². The van der Waals surface area contributed by atoms with Gasteiger partial charge < -0.3 is 19.8 Å². The number of benzene rings is 1. The number of hydrogen-bond donors (Lipinski definition) is 2. The predicted octanol–water partition coefficient (Wildman–Crippen LogP) is 3.05. The molecule has 0 saturated heterocycles. The Bertz CT molecular complexity index is 1270. The summed E-state index contributed by atoms with van der Waals surface area (Å²) in [4.78, 5) is 25.3. The fourth-order valence-corrected chi connectivity index (χ4v) is 3.25. The number of amides is 2. The quantitative estimate of drug-likeness (QED) is 0.428. The Morgan fingerprint density at radius 1 is 1.12 bits per heavy atom. The number of ether oxygens (including phenoxy) is 1. The van der Waals surface area contributed by atoms with Crippen LogP contribution in [-0.2, 0) is 20.3 Å². The molecule has 1 aromatic carbocycles. The van der Waals surface area contributed by atoms with Gasteiger partial charge in [-0.15, -0.1) is 0 Å². The third-order valence-corrected chi connectivity index (χ3v) is 4.85. The van der Waals surface area contributed by atoms with E-state index in [-0.39, 0.29) is 30.4 Å². The Morgan fingerprint density at radius 2 is 1.97 bits per heavy atom. The molecule has 0 bridgehead atoms. The van der Waals surface area contributed by atoms with Crippen molar-refractivity contribution in [3.63, 3.8) is 0 Å². The molecule has 33 heavy (non-hydrogen) atoms. The minimum atomic E-state index is -0.464. The predicted molar refractivity (Wildman–Crippen MR) is 120 cm³/mol. The molecule has 10 heteroatoms. The molecule has 0 fully saturated rings. The summed E-state index contributed by atoms with van der Waals surface area (Å²) in [5.41, 5.74) is 2.73. The molecule has 0 aliphatic rings. The summed E-state index contributed by atoms with van der Waals surface area (Å²) in [5, 5.41) is 13.8. The summed E-state index contributed by atoms with van der Waals surface area (Å²) >= 11 is 0. The first-order chi connectivity index (χ1) is 15.9. The molecular formula is C23H24N6O4. The van der Waals surface area contributed by atoms with Crippen molar-refractivity contribution in [1.82, 2.24) is 24.9 Å². The number of furan rings is 1. The normalized spacial score (nSPS) is 10.8. The standard InChI is InChI=1S/C23H24N6O4/c1-15-6-7-20(16(2)11-15)33-14-29-9-8-18(26-29)22(30)25-19-13-28(3)27-21(19)23(31)24-12-17-5-4-10-32-17/h4-11,13H,12,14H2,1-3H3,(H,24,31)(H,25,30). The summed E-state index contributed by atoms with van der Waals surface area (Å²) in [7, 11) is 1.66. The highest BCUT2D eigenvalue weighted by atomic mass is 16.5. The number of carbonyl (C=O) groups is 2. The van der Waals surface area contributed by atoms with Gasteiger partial charge in [0, 0.05) is 19.4 Å². The van der Waals surface area contributed by atoms with E-state index in [0.29, 0.717) is 5.76 Å². The van der Waals surface area contributed by atoms with Gasteiger partial charge in [-0.1, -0.05) is 17.7 Å². The van der Waals surface area contributed by atoms with Crippen LogP contribution in [0.1, 0.15) is 37.9 Å². The van der Waals surface area contributed by atoms with E-state index in [1.165, 1.54) is 15.6 Å². The number of anilines is 1. The smallest absolute Gasteiger partial charge is 0.276 e. The van der Waals surface area contributed by atoms with E-state index in [2.05, 4.69) is 20.8 Å². The van der Waals surface area contributed by atoms with E-state index in [4.69, 9.17) is 9.15 Å². The van der Waals surface area contributed by atoms with Gasteiger partial charge in [0.2, 0.25) is 0 Å². The molecule has 3 aromatic heterocycles. The summed E-state index contributed by atoms with van der Waals surface area (Å²) in [6.45, 7) is 4.36. The third-order valence-electron chi connectivity index (χ3n) is 4.85. The summed E-state index contributed by atoms with van der Waals surface area (Å²) in [5.74, 6) is 0.462. The molecule has 0 unspecified atom stereocenters. The van der Waals surface area contributed by atoms with E-state index in [1.807, 2.05) is 32.0 Å². The highest BCUT2D eigenvalue weighted by Gasteiger charge is 2.20. The minimum absolute atomic E-state index is 0.0926.